The van der Waals surface area contributed by atoms with Gasteiger partial charge in [0, 0.05) is 19.6 Å². The van der Waals surface area contributed by atoms with Crippen molar-refractivity contribution in [1.29, 1.82) is 0 Å². The third kappa shape index (κ3) is 0.756. The van der Waals surface area contributed by atoms with Gasteiger partial charge in [0.05, 0.1) is 11.8 Å². The molecule has 0 unspecified atom stereocenters. The highest BCUT2D eigenvalue weighted by molar-refractivity contribution is 6.05. The molecule has 0 spiro atoms. The first-order chi connectivity index (χ1) is 5.63. The van der Waals surface area contributed by atoms with Gasteiger partial charge in [0.1, 0.15) is 0 Å². The summed E-state index contributed by atoms with van der Waals surface area (Å²) in [4.78, 5) is 24.1. The van der Waals surface area contributed by atoms with Crippen LogP contribution in [0.3, 0.4) is 0 Å². The fourth-order valence-corrected chi connectivity index (χ4v) is 2.12. The maximum atomic E-state index is 11.5. The fraction of sp³-hybridized carbons (Fsp3) is 0.750. The van der Waals surface area contributed by atoms with E-state index < -0.39 is 0 Å². The molecule has 2 heterocycles. The molecule has 4 nitrogen and oxygen atoms in total. The Morgan fingerprint density at radius 2 is 2.08 bits per heavy atom. The van der Waals surface area contributed by atoms with Gasteiger partial charge in [-0.3, -0.25) is 14.5 Å². The molecule has 0 aromatic heterocycles. The van der Waals surface area contributed by atoms with Crippen LogP contribution in [-0.4, -0.2) is 36.3 Å². The number of imide groups is 1. The van der Waals surface area contributed by atoms with E-state index in [2.05, 4.69) is 5.32 Å². The van der Waals surface area contributed by atoms with E-state index in [0.29, 0.717) is 6.54 Å². The van der Waals surface area contributed by atoms with Gasteiger partial charge in [-0.05, 0) is 6.92 Å². The molecule has 66 valence electrons. The van der Waals surface area contributed by atoms with Gasteiger partial charge in [-0.15, -0.1) is 0 Å². The van der Waals surface area contributed by atoms with Crippen molar-refractivity contribution in [1.82, 2.24) is 10.2 Å². The van der Waals surface area contributed by atoms with Crippen LogP contribution >= 0.6 is 0 Å². The summed E-state index contributed by atoms with van der Waals surface area (Å²) in [6, 6.07) is 0.149. The summed E-state index contributed by atoms with van der Waals surface area (Å²) < 4.78 is 0. The molecule has 2 saturated heterocycles. The monoisotopic (exact) mass is 168 g/mol. The first-order valence-electron chi connectivity index (χ1n) is 4.17. The topological polar surface area (TPSA) is 49.4 Å². The molecule has 0 saturated carbocycles. The first-order valence-corrected chi connectivity index (χ1v) is 4.17. The Morgan fingerprint density at radius 3 is 2.67 bits per heavy atom. The number of hydrogen-bond donors (Lipinski definition) is 1. The second kappa shape index (κ2) is 2.29. The minimum Gasteiger partial charge on any atom is -0.313 e. The third-order valence-electron chi connectivity index (χ3n) is 2.90. The number of hydrogen-bond acceptors (Lipinski definition) is 3. The van der Waals surface area contributed by atoms with E-state index >= 15 is 0 Å². The summed E-state index contributed by atoms with van der Waals surface area (Å²) in [5, 5.41) is 3.13. The molecular weight excluding hydrogens is 156 g/mol. The predicted octanol–water partition coefficient (Wildman–Crippen LogP) is -0.791. The number of fused-ring (bicyclic) bond motifs is 1. The van der Waals surface area contributed by atoms with E-state index in [-0.39, 0.29) is 29.7 Å². The van der Waals surface area contributed by atoms with Crippen molar-refractivity contribution in [3.63, 3.8) is 0 Å². The minimum atomic E-state index is -0.109. The lowest BCUT2D eigenvalue weighted by Gasteiger charge is -2.11. The number of amides is 2. The van der Waals surface area contributed by atoms with Crippen LogP contribution in [0, 0.1) is 11.8 Å². The van der Waals surface area contributed by atoms with Crippen molar-refractivity contribution in [3.8, 4) is 0 Å². The number of likely N-dealkylation sites (tertiary alicyclic amines) is 1. The molecule has 0 aromatic rings. The average molecular weight is 168 g/mol. The van der Waals surface area contributed by atoms with Crippen LogP contribution < -0.4 is 5.32 Å². The maximum absolute atomic E-state index is 11.5. The zero-order valence-corrected chi connectivity index (χ0v) is 7.20. The quantitative estimate of drug-likeness (QED) is 0.482. The van der Waals surface area contributed by atoms with E-state index in [1.165, 1.54) is 4.90 Å². The van der Waals surface area contributed by atoms with Crippen LogP contribution in [0.25, 0.3) is 0 Å². The number of nitrogens with one attached hydrogen (secondary N) is 1. The number of carbonyl (C=O) groups excluding carboxylic acids is 2. The molecule has 2 fully saturated rings. The molecule has 12 heavy (non-hydrogen) atoms. The van der Waals surface area contributed by atoms with Crippen molar-refractivity contribution in [2.45, 2.75) is 13.0 Å². The summed E-state index contributed by atoms with van der Waals surface area (Å²) in [5.41, 5.74) is 0. The maximum Gasteiger partial charge on any atom is 0.234 e. The molecule has 4 heteroatoms. The Balaban J connectivity index is 2.32. The predicted molar refractivity (Wildman–Crippen MR) is 42.2 cm³/mol. The largest absolute Gasteiger partial charge is 0.313 e. The van der Waals surface area contributed by atoms with Crippen LogP contribution in [0.15, 0.2) is 0 Å². The highest BCUT2D eigenvalue weighted by atomic mass is 16.2. The van der Waals surface area contributed by atoms with Crippen LogP contribution in [0.4, 0.5) is 0 Å². The lowest BCUT2D eigenvalue weighted by molar-refractivity contribution is -0.138. The second-order valence-electron chi connectivity index (χ2n) is 3.56. The molecule has 3 atom stereocenters. The van der Waals surface area contributed by atoms with E-state index in [4.69, 9.17) is 0 Å². The van der Waals surface area contributed by atoms with E-state index in [1.54, 1.807) is 7.05 Å². The number of carbonyl (C=O) groups is 2. The summed E-state index contributed by atoms with van der Waals surface area (Å²) in [6.07, 6.45) is 0. The Bertz CT molecular complexity index is 251. The standard InChI is InChI=1S/C8H12N2O2/c1-4-6-5(3-9-4)7(11)10(2)8(6)12/h4-6,9H,3H2,1-2H3/t4-,5-,6+/m0/s1. The highest BCUT2D eigenvalue weighted by Gasteiger charge is 2.51. The van der Waals surface area contributed by atoms with E-state index in [1.807, 2.05) is 6.92 Å². The normalized spacial score (nSPS) is 40.8. The molecule has 0 aromatic carbocycles. The van der Waals surface area contributed by atoms with Crippen LogP contribution in [0.5, 0.6) is 0 Å². The van der Waals surface area contributed by atoms with Crippen molar-refractivity contribution >= 4 is 11.8 Å². The number of rotatable bonds is 0. The van der Waals surface area contributed by atoms with E-state index in [0.717, 1.165) is 0 Å². The van der Waals surface area contributed by atoms with Gasteiger partial charge in [-0.1, -0.05) is 0 Å². The highest BCUT2D eigenvalue weighted by Crippen LogP contribution is 2.31. The Labute approximate surface area is 70.9 Å². The minimum absolute atomic E-state index is 0.0255. The van der Waals surface area contributed by atoms with Gasteiger partial charge in [0.15, 0.2) is 0 Å². The third-order valence-corrected chi connectivity index (χ3v) is 2.90. The molecular formula is C8H12N2O2. The Kier molecular flexibility index (Phi) is 1.48. The lowest BCUT2D eigenvalue weighted by Crippen LogP contribution is -2.34. The fourth-order valence-electron chi connectivity index (χ4n) is 2.12. The van der Waals surface area contributed by atoms with Crippen molar-refractivity contribution in [2.24, 2.45) is 11.8 Å². The molecule has 0 aliphatic carbocycles. The smallest absolute Gasteiger partial charge is 0.234 e. The van der Waals surface area contributed by atoms with Crippen LogP contribution in [0.1, 0.15) is 6.92 Å². The van der Waals surface area contributed by atoms with Gasteiger partial charge in [0.25, 0.3) is 0 Å². The van der Waals surface area contributed by atoms with Crippen molar-refractivity contribution in [3.05, 3.63) is 0 Å². The molecule has 2 amide bonds. The van der Waals surface area contributed by atoms with Crippen molar-refractivity contribution in [2.75, 3.05) is 13.6 Å². The van der Waals surface area contributed by atoms with E-state index in [9.17, 15) is 9.59 Å². The van der Waals surface area contributed by atoms with Gasteiger partial charge in [-0.25, -0.2) is 0 Å². The summed E-state index contributed by atoms with van der Waals surface area (Å²) in [7, 11) is 1.57. The molecule has 2 rings (SSSR count). The molecule has 2 aliphatic heterocycles. The second-order valence-corrected chi connectivity index (χ2v) is 3.56. The number of nitrogens with zero attached hydrogens (tertiary/aromatic N) is 1. The molecule has 1 N–H and O–H groups in total. The SMILES string of the molecule is C[C@@H]1NC[C@@H]2C(=O)N(C)C(=O)[C@H]12. The lowest BCUT2D eigenvalue weighted by atomic mass is 9.94. The van der Waals surface area contributed by atoms with Crippen LogP contribution in [-0.2, 0) is 9.59 Å². The summed E-state index contributed by atoms with van der Waals surface area (Å²) in [6.45, 7) is 2.61. The molecule has 0 bridgehead atoms. The van der Waals surface area contributed by atoms with Gasteiger partial charge < -0.3 is 5.32 Å². The van der Waals surface area contributed by atoms with Crippen molar-refractivity contribution < 1.29 is 9.59 Å². The Hall–Kier alpha value is -0.900. The zero-order valence-electron chi connectivity index (χ0n) is 7.20. The summed E-state index contributed by atoms with van der Waals surface area (Å²) >= 11 is 0. The average Bonchev–Trinajstić information content (AvgIpc) is 2.51. The Morgan fingerprint density at radius 1 is 1.42 bits per heavy atom. The van der Waals surface area contributed by atoms with Gasteiger partial charge in [-0.2, -0.15) is 0 Å². The zero-order chi connectivity index (χ0) is 8.88. The van der Waals surface area contributed by atoms with Crippen LogP contribution in [0.2, 0.25) is 0 Å². The molecule has 2 aliphatic rings. The first kappa shape index (κ1) is 7.73. The van der Waals surface area contributed by atoms with Gasteiger partial charge >= 0.3 is 0 Å². The van der Waals surface area contributed by atoms with Gasteiger partial charge in [0.2, 0.25) is 11.8 Å². The summed E-state index contributed by atoms with van der Waals surface area (Å²) in [5.74, 6) is -0.260. The molecule has 0 radical (unpaired) electrons.